The summed E-state index contributed by atoms with van der Waals surface area (Å²) in [6, 6.07) is 10.2. The number of rotatable bonds is 3. The molecule has 0 fully saturated rings. The summed E-state index contributed by atoms with van der Waals surface area (Å²) in [7, 11) is -1.89. The topological polar surface area (TPSA) is 9.23 Å². The summed E-state index contributed by atoms with van der Waals surface area (Å²) in [5.41, 5.74) is 2.34. The quantitative estimate of drug-likeness (QED) is 0.730. The molecular weight excluding hydrogens is 240 g/mol. The van der Waals surface area contributed by atoms with Gasteiger partial charge in [0.15, 0.2) is 17.4 Å². The Balaban J connectivity index is 0.000000304. The highest BCUT2D eigenvalue weighted by atomic mass is 28.4. The Hall–Kier alpha value is -0.646. The van der Waals surface area contributed by atoms with Gasteiger partial charge in [0.05, 0.1) is 0 Å². The van der Waals surface area contributed by atoms with Crippen LogP contribution < -0.4 is 0 Å². The summed E-state index contributed by atoms with van der Waals surface area (Å²) in [5, 5.41) is 0. The van der Waals surface area contributed by atoms with Gasteiger partial charge in [-0.25, -0.2) is 0 Å². The first kappa shape index (κ1) is 16.4. The molecular formula is C14H26OSi2. The molecule has 0 amide bonds. The van der Waals surface area contributed by atoms with Crippen molar-refractivity contribution in [2.75, 3.05) is 0 Å². The first-order valence-electron chi connectivity index (χ1n) is 6.11. The van der Waals surface area contributed by atoms with E-state index in [-0.39, 0.29) is 0 Å². The minimum atomic E-state index is -1.16. The summed E-state index contributed by atoms with van der Waals surface area (Å²) in [6.45, 7) is 17.0. The van der Waals surface area contributed by atoms with Crippen LogP contribution in [0.15, 0.2) is 36.9 Å². The lowest BCUT2D eigenvalue weighted by atomic mass is 10.1. The molecule has 0 aliphatic rings. The monoisotopic (exact) mass is 266 g/mol. The lowest BCUT2D eigenvalue weighted by Crippen LogP contribution is -2.31. The van der Waals surface area contributed by atoms with Crippen molar-refractivity contribution in [2.24, 2.45) is 0 Å². The molecule has 0 aliphatic heterocycles. The van der Waals surface area contributed by atoms with Gasteiger partial charge in [-0.1, -0.05) is 42.5 Å². The molecule has 0 saturated carbocycles. The number of hydrogen-bond donors (Lipinski definition) is 0. The van der Waals surface area contributed by atoms with Crippen molar-refractivity contribution in [3.05, 3.63) is 42.5 Å². The van der Waals surface area contributed by atoms with Crippen LogP contribution in [0.25, 0.3) is 5.57 Å². The second-order valence-electron chi connectivity index (χ2n) is 5.43. The fourth-order valence-corrected chi connectivity index (χ4v) is 7.09. The molecule has 3 heteroatoms. The maximum absolute atomic E-state index is 5.72. The van der Waals surface area contributed by atoms with E-state index in [0.29, 0.717) is 0 Å². The third-order valence-electron chi connectivity index (χ3n) is 1.86. The molecule has 0 bridgehead atoms. The summed E-state index contributed by atoms with van der Waals surface area (Å²) >= 11 is 0. The van der Waals surface area contributed by atoms with E-state index in [0.717, 1.165) is 5.57 Å². The molecule has 0 radical (unpaired) electrons. The second kappa shape index (κ2) is 7.64. The summed E-state index contributed by atoms with van der Waals surface area (Å²) in [4.78, 5) is 0. The molecule has 0 atom stereocenters. The smallest absolute Gasteiger partial charge is 0.170 e. The SMILES string of the molecule is C=C(C)c1ccccc1.C[SiH](C)O[Si](C)(C)C. The van der Waals surface area contributed by atoms with Crippen molar-refractivity contribution in [1.29, 1.82) is 0 Å². The molecule has 0 unspecified atom stereocenters. The zero-order valence-corrected chi connectivity index (χ0v) is 14.2. The van der Waals surface area contributed by atoms with E-state index in [4.69, 9.17) is 4.12 Å². The number of hydrogen-bond acceptors (Lipinski definition) is 1. The summed E-state index contributed by atoms with van der Waals surface area (Å²) in [6.07, 6.45) is 0. The van der Waals surface area contributed by atoms with Crippen molar-refractivity contribution < 1.29 is 4.12 Å². The highest BCUT2D eigenvalue weighted by Crippen LogP contribution is 2.08. The largest absolute Gasteiger partial charge is 0.458 e. The Morgan fingerprint density at radius 2 is 1.59 bits per heavy atom. The molecule has 0 aliphatic carbocycles. The maximum Gasteiger partial charge on any atom is 0.170 e. The summed E-state index contributed by atoms with van der Waals surface area (Å²) in [5.74, 6) is 0. The van der Waals surface area contributed by atoms with Crippen molar-refractivity contribution in [3.63, 3.8) is 0 Å². The van der Waals surface area contributed by atoms with Gasteiger partial charge in [-0.15, -0.1) is 0 Å². The van der Waals surface area contributed by atoms with Crippen LogP contribution in [-0.4, -0.2) is 17.4 Å². The van der Waals surface area contributed by atoms with Crippen molar-refractivity contribution >= 4 is 22.9 Å². The Kier molecular flexibility index (Phi) is 7.35. The fraction of sp³-hybridized carbons (Fsp3) is 0.429. The van der Waals surface area contributed by atoms with Gasteiger partial charge in [0.2, 0.25) is 0 Å². The van der Waals surface area contributed by atoms with Crippen molar-refractivity contribution in [1.82, 2.24) is 0 Å². The van der Waals surface area contributed by atoms with Gasteiger partial charge in [0.25, 0.3) is 0 Å². The first-order chi connectivity index (χ1) is 7.72. The highest BCUT2D eigenvalue weighted by molar-refractivity contribution is 6.76. The first-order valence-corrected chi connectivity index (χ1v) is 12.3. The highest BCUT2D eigenvalue weighted by Gasteiger charge is 2.14. The van der Waals surface area contributed by atoms with E-state index in [1.165, 1.54) is 5.56 Å². The summed E-state index contributed by atoms with van der Waals surface area (Å²) < 4.78 is 5.72. The Bertz CT molecular complexity index is 326. The third kappa shape index (κ3) is 10.2. The number of benzene rings is 1. The predicted octanol–water partition coefficient (Wildman–Crippen LogP) is 4.54. The zero-order chi connectivity index (χ0) is 13.5. The lowest BCUT2D eigenvalue weighted by Gasteiger charge is -2.19. The van der Waals surface area contributed by atoms with Gasteiger partial charge in [-0.05, 0) is 45.2 Å². The minimum absolute atomic E-state index is 0.734. The Morgan fingerprint density at radius 3 is 1.76 bits per heavy atom. The maximum atomic E-state index is 5.72. The minimum Gasteiger partial charge on any atom is -0.458 e. The predicted molar refractivity (Wildman–Crippen MR) is 84.5 cm³/mol. The van der Waals surface area contributed by atoms with Crippen LogP contribution >= 0.6 is 0 Å². The fourth-order valence-electron chi connectivity index (χ4n) is 1.43. The molecule has 0 N–H and O–H groups in total. The van der Waals surface area contributed by atoms with Crippen molar-refractivity contribution in [3.8, 4) is 0 Å². The van der Waals surface area contributed by atoms with Crippen LogP contribution in [0.3, 0.4) is 0 Å². The third-order valence-corrected chi connectivity index (χ3v) is 6.57. The molecule has 1 rings (SSSR count). The van der Waals surface area contributed by atoms with Crippen LogP contribution in [-0.2, 0) is 4.12 Å². The molecule has 1 aromatic rings. The van der Waals surface area contributed by atoms with Crippen LogP contribution in [0.4, 0.5) is 0 Å². The number of allylic oxidation sites excluding steroid dienone is 1. The van der Waals surface area contributed by atoms with Gasteiger partial charge >= 0.3 is 0 Å². The molecule has 1 nitrogen and oxygen atoms in total. The van der Waals surface area contributed by atoms with E-state index in [2.05, 4.69) is 51.4 Å². The second-order valence-corrected chi connectivity index (χ2v) is 12.7. The van der Waals surface area contributed by atoms with E-state index in [1.54, 1.807) is 0 Å². The van der Waals surface area contributed by atoms with Gasteiger partial charge in [-0.2, -0.15) is 0 Å². The zero-order valence-electron chi connectivity index (χ0n) is 12.1. The van der Waals surface area contributed by atoms with Crippen LogP contribution in [0.1, 0.15) is 12.5 Å². The van der Waals surface area contributed by atoms with E-state index < -0.39 is 17.4 Å². The van der Waals surface area contributed by atoms with Crippen molar-refractivity contribution in [2.45, 2.75) is 39.7 Å². The Morgan fingerprint density at radius 1 is 1.12 bits per heavy atom. The van der Waals surface area contributed by atoms with Gasteiger partial charge in [0, 0.05) is 0 Å². The molecule has 96 valence electrons. The van der Waals surface area contributed by atoms with Gasteiger partial charge < -0.3 is 4.12 Å². The van der Waals surface area contributed by atoms with E-state index in [9.17, 15) is 0 Å². The van der Waals surface area contributed by atoms with Crippen LogP contribution in [0, 0.1) is 0 Å². The van der Waals surface area contributed by atoms with Gasteiger partial charge in [0.1, 0.15) is 0 Å². The van der Waals surface area contributed by atoms with Crippen LogP contribution in [0.2, 0.25) is 32.7 Å². The van der Waals surface area contributed by atoms with Gasteiger partial charge in [-0.3, -0.25) is 0 Å². The molecule has 0 spiro atoms. The lowest BCUT2D eigenvalue weighted by molar-refractivity contribution is 0.583. The average molecular weight is 267 g/mol. The molecule has 0 aromatic heterocycles. The molecule has 0 saturated heterocycles. The molecule has 0 heterocycles. The average Bonchev–Trinajstić information content (AvgIpc) is 2.16. The van der Waals surface area contributed by atoms with E-state index >= 15 is 0 Å². The van der Waals surface area contributed by atoms with Crippen LogP contribution in [0.5, 0.6) is 0 Å². The van der Waals surface area contributed by atoms with E-state index in [1.807, 2.05) is 25.1 Å². The molecule has 1 aromatic carbocycles. The Labute approximate surface area is 109 Å². The normalized spacial score (nSPS) is 10.8. The molecule has 17 heavy (non-hydrogen) atoms. The standard InChI is InChI=1S/C9H10.C5H16OSi2/c1-8(2)9-6-4-3-5-7-9;1-7(2)6-8(3,4)5/h3-7H,1H2,2H3;7H,1-5H3.